The first-order valence-electron chi connectivity index (χ1n) is 7.01. The third kappa shape index (κ3) is 2.71. The highest BCUT2D eigenvalue weighted by Crippen LogP contribution is 2.40. The Bertz CT molecular complexity index is 467. The van der Waals surface area contributed by atoms with E-state index in [-0.39, 0.29) is 5.82 Å². The summed E-state index contributed by atoms with van der Waals surface area (Å²) in [4.78, 5) is 0. The molecule has 2 nitrogen and oxygen atoms in total. The van der Waals surface area contributed by atoms with E-state index < -0.39 is 6.10 Å². The minimum atomic E-state index is -0.520. The number of hydrogen-bond donors (Lipinski definition) is 2. The van der Waals surface area contributed by atoms with Gasteiger partial charge < -0.3 is 10.4 Å². The van der Waals surface area contributed by atoms with Crippen LogP contribution in [-0.4, -0.2) is 17.7 Å². The molecule has 0 bridgehead atoms. The van der Waals surface area contributed by atoms with E-state index in [2.05, 4.69) is 21.2 Å². The molecule has 1 aromatic rings. The van der Waals surface area contributed by atoms with E-state index in [4.69, 9.17) is 0 Å². The summed E-state index contributed by atoms with van der Waals surface area (Å²) in [5.74, 6) is 1.24. The largest absolute Gasteiger partial charge is 0.388 e. The van der Waals surface area contributed by atoms with Gasteiger partial charge in [0, 0.05) is 6.04 Å². The monoisotopic (exact) mass is 327 g/mol. The van der Waals surface area contributed by atoms with Gasteiger partial charge in [0.1, 0.15) is 5.82 Å². The lowest BCUT2D eigenvalue weighted by Crippen LogP contribution is -2.28. The molecule has 3 rings (SSSR count). The molecular weight excluding hydrogens is 309 g/mol. The Morgan fingerprint density at radius 3 is 3.05 bits per heavy atom. The molecule has 1 aromatic carbocycles. The zero-order valence-electron chi connectivity index (χ0n) is 10.8. The van der Waals surface area contributed by atoms with Gasteiger partial charge in [0.2, 0.25) is 0 Å². The van der Waals surface area contributed by atoms with Gasteiger partial charge in [-0.3, -0.25) is 0 Å². The molecule has 0 spiro atoms. The van der Waals surface area contributed by atoms with Gasteiger partial charge in [0.05, 0.1) is 10.6 Å². The fraction of sp³-hybridized carbons (Fsp3) is 0.600. The third-order valence-electron chi connectivity index (χ3n) is 4.68. The van der Waals surface area contributed by atoms with Crippen molar-refractivity contribution in [1.82, 2.24) is 5.32 Å². The molecule has 2 N–H and O–H groups in total. The second kappa shape index (κ2) is 5.51. The highest BCUT2D eigenvalue weighted by molar-refractivity contribution is 9.10. The van der Waals surface area contributed by atoms with Crippen LogP contribution in [0.4, 0.5) is 4.39 Å². The molecule has 19 heavy (non-hydrogen) atoms. The molecule has 2 aliphatic rings. The lowest BCUT2D eigenvalue weighted by molar-refractivity contribution is 0.144. The lowest BCUT2D eigenvalue weighted by Gasteiger charge is -2.22. The first-order valence-corrected chi connectivity index (χ1v) is 7.81. The van der Waals surface area contributed by atoms with E-state index in [1.165, 1.54) is 25.3 Å². The van der Waals surface area contributed by atoms with Crippen molar-refractivity contribution in [1.29, 1.82) is 0 Å². The zero-order chi connectivity index (χ0) is 13.4. The summed E-state index contributed by atoms with van der Waals surface area (Å²) < 4.78 is 13.6. The number of benzene rings is 1. The Hall–Kier alpha value is -0.450. The number of aliphatic hydroxyl groups excluding tert-OH is 1. The quantitative estimate of drug-likeness (QED) is 0.891. The van der Waals surface area contributed by atoms with Crippen LogP contribution in [0.15, 0.2) is 22.7 Å². The molecule has 2 fully saturated rings. The molecule has 1 aliphatic carbocycles. The zero-order valence-corrected chi connectivity index (χ0v) is 12.4. The molecule has 1 saturated heterocycles. The van der Waals surface area contributed by atoms with E-state index in [9.17, 15) is 9.50 Å². The minimum absolute atomic E-state index is 0.286. The fourth-order valence-corrected chi connectivity index (χ4v) is 4.05. The Morgan fingerprint density at radius 2 is 2.26 bits per heavy atom. The molecule has 0 radical (unpaired) electrons. The number of halogens is 2. The van der Waals surface area contributed by atoms with Gasteiger partial charge in [-0.25, -0.2) is 4.39 Å². The number of nitrogens with one attached hydrogen (secondary N) is 1. The molecule has 4 atom stereocenters. The molecule has 0 amide bonds. The first kappa shape index (κ1) is 13.5. The van der Waals surface area contributed by atoms with Gasteiger partial charge >= 0.3 is 0 Å². The highest BCUT2D eigenvalue weighted by atomic mass is 79.9. The van der Waals surface area contributed by atoms with Crippen molar-refractivity contribution < 1.29 is 9.50 Å². The van der Waals surface area contributed by atoms with Crippen LogP contribution in [0.1, 0.15) is 37.4 Å². The molecule has 0 aromatic heterocycles. The SMILES string of the molecule is OC(CC1NCC2CCCC21)c1ccc(F)c(Br)c1. The number of rotatable bonds is 3. The number of aliphatic hydroxyl groups is 1. The molecule has 4 heteroatoms. The van der Waals surface area contributed by atoms with Crippen molar-refractivity contribution in [3.63, 3.8) is 0 Å². The van der Waals surface area contributed by atoms with Crippen LogP contribution in [0.2, 0.25) is 0 Å². The standard InChI is InChI=1S/C15H19BrFNO/c16-12-6-9(4-5-13(12)17)15(19)7-14-11-3-1-2-10(11)8-18-14/h4-6,10-11,14-15,18-19H,1-3,7-8H2. The average Bonchev–Trinajstić information content (AvgIpc) is 2.97. The highest BCUT2D eigenvalue weighted by Gasteiger charge is 2.39. The Kier molecular flexibility index (Phi) is 3.92. The molecular formula is C15H19BrFNO. The van der Waals surface area contributed by atoms with Crippen LogP contribution >= 0.6 is 15.9 Å². The van der Waals surface area contributed by atoms with Gasteiger partial charge in [-0.1, -0.05) is 12.5 Å². The van der Waals surface area contributed by atoms with E-state index >= 15 is 0 Å². The maximum absolute atomic E-state index is 13.2. The van der Waals surface area contributed by atoms with Gasteiger partial charge in [-0.2, -0.15) is 0 Å². The van der Waals surface area contributed by atoms with Crippen molar-refractivity contribution in [3.8, 4) is 0 Å². The summed E-state index contributed by atoms with van der Waals surface area (Å²) in [6.07, 6.45) is 4.13. The number of fused-ring (bicyclic) bond motifs is 1. The van der Waals surface area contributed by atoms with Crippen molar-refractivity contribution >= 4 is 15.9 Å². The van der Waals surface area contributed by atoms with Crippen molar-refractivity contribution in [2.45, 2.75) is 37.8 Å². The average molecular weight is 328 g/mol. The minimum Gasteiger partial charge on any atom is -0.388 e. The van der Waals surface area contributed by atoms with Crippen LogP contribution in [0.25, 0.3) is 0 Å². The van der Waals surface area contributed by atoms with Gasteiger partial charge in [-0.15, -0.1) is 0 Å². The summed E-state index contributed by atoms with van der Waals surface area (Å²) in [6.45, 7) is 1.09. The molecule has 4 unspecified atom stereocenters. The van der Waals surface area contributed by atoms with Crippen LogP contribution in [0.5, 0.6) is 0 Å². The van der Waals surface area contributed by atoms with E-state index in [0.29, 0.717) is 10.5 Å². The Balaban J connectivity index is 1.67. The molecule has 1 saturated carbocycles. The summed E-state index contributed by atoms with van der Waals surface area (Å²) in [7, 11) is 0. The van der Waals surface area contributed by atoms with Crippen LogP contribution in [-0.2, 0) is 0 Å². The fourth-order valence-electron chi connectivity index (χ4n) is 3.66. The lowest BCUT2D eigenvalue weighted by atomic mass is 9.89. The van der Waals surface area contributed by atoms with Gasteiger partial charge in [-0.05, 0) is 71.3 Å². The van der Waals surface area contributed by atoms with Crippen molar-refractivity contribution in [2.24, 2.45) is 11.8 Å². The van der Waals surface area contributed by atoms with Crippen LogP contribution < -0.4 is 5.32 Å². The van der Waals surface area contributed by atoms with Crippen molar-refractivity contribution in [2.75, 3.05) is 6.54 Å². The van der Waals surface area contributed by atoms with E-state index in [1.54, 1.807) is 12.1 Å². The topological polar surface area (TPSA) is 32.3 Å². The van der Waals surface area contributed by atoms with Crippen LogP contribution in [0.3, 0.4) is 0 Å². The van der Waals surface area contributed by atoms with E-state index in [1.807, 2.05) is 0 Å². The summed E-state index contributed by atoms with van der Waals surface area (Å²) >= 11 is 3.17. The number of hydrogen-bond acceptors (Lipinski definition) is 2. The maximum Gasteiger partial charge on any atom is 0.137 e. The van der Waals surface area contributed by atoms with E-state index in [0.717, 1.165) is 30.4 Å². The second-order valence-corrected chi connectivity index (χ2v) is 6.65. The molecule has 1 aliphatic heterocycles. The van der Waals surface area contributed by atoms with Gasteiger partial charge in [0.25, 0.3) is 0 Å². The summed E-state index contributed by atoms with van der Waals surface area (Å²) in [5.41, 5.74) is 0.788. The Morgan fingerprint density at radius 1 is 1.42 bits per heavy atom. The first-order chi connectivity index (χ1) is 9.15. The Labute approximate surface area is 121 Å². The second-order valence-electron chi connectivity index (χ2n) is 5.79. The van der Waals surface area contributed by atoms with Crippen LogP contribution in [0, 0.1) is 17.7 Å². The van der Waals surface area contributed by atoms with Gasteiger partial charge in [0.15, 0.2) is 0 Å². The normalized spacial score (nSPS) is 31.4. The smallest absolute Gasteiger partial charge is 0.137 e. The third-order valence-corrected chi connectivity index (χ3v) is 5.29. The maximum atomic E-state index is 13.2. The summed E-state index contributed by atoms with van der Waals surface area (Å²) in [5, 5.41) is 13.9. The predicted molar refractivity (Wildman–Crippen MR) is 76.3 cm³/mol. The molecule has 104 valence electrons. The predicted octanol–water partition coefficient (Wildman–Crippen LogP) is 3.40. The van der Waals surface area contributed by atoms with Crippen molar-refractivity contribution in [3.05, 3.63) is 34.1 Å². The summed E-state index contributed by atoms with van der Waals surface area (Å²) in [6, 6.07) is 5.17. The molecule has 1 heterocycles.